The van der Waals surface area contributed by atoms with Crippen molar-refractivity contribution in [3.63, 3.8) is 0 Å². The van der Waals surface area contributed by atoms with Crippen LogP contribution in [0.25, 0.3) is 0 Å². The Hall–Kier alpha value is -3.51. The van der Waals surface area contributed by atoms with E-state index in [1.807, 2.05) is 43.3 Å². The van der Waals surface area contributed by atoms with Gasteiger partial charge in [0, 0.05) is 35.9 Å². The number of aromatic nitrogens is 1. The largest absolute Gasteiger partial charge is 0.489 e. The smallest absolute Gasteiger partial charge is 0.303 e. The molecule has 30 heavy (non-hydrogen) atoms. The standard InChI is InChI=1S/C24H23NO4.H2O/c1-17-6-2-3-10-21(17)22(11-12-23(26)27)24(28)19-8-4-9-20(14-19)29-16-18-7-5-13-25-15-18;/h2-10,13-15,22H,11-12,16H2,1H3,(H,26,27);1H2. The predicted molar refractivity (Wildman–Crippen MR) is 114 cm³/mol. The summed E-state index contributed by atoms with van der Waals surface area (Å²) in [5.41, 5.74) is 3.27. The molecule has 1 unspecified atom stereocenters. The van der Waals surface area contributed by atoms with Gasteiger partial charge in [0.2, 0.25) is 0 Å². The third-order valence-electron chi connectivity index (χ3n) is 4.77. The summed E-state index contributed by atoms with van der Waals surface area (Å²) < 4.78 is 5.80. The summed E-state index contributed by atoms with van der Waals surface area (Å²) in [7, 11) is 0. The van der Waals surface area contributed by atoms with E-state index >= 15 is 0 Å². The molecule has 0 amide bonds. The maximum absolute atomic E-state index is 13.3. The van der Waals surface area contributed by atoms with E-state index in [-0.39, 0.29) is 24.1 Å². The van der Waals surface area contributed by atoms with Gasteiger partial charge in [-0.25, -0.2) is 0 Å². The van der Waals surface area contributed by atoms with E-state index in [9.17, 15) is 9.59 Å². The highest BCUT2D eigenvalue weighted by molar-refractivity contribution is 6.01. The van der Waals surface area contributed by atoms with Gasteiger partial charge in [0.1, 0.15) is 12.4 Å². The Balaban J connectivity index is 0.00000320. The number of carbonyl (C=O) groups is 2. The quantitative estimate of drug-likeness (QED) is 0.540. The number of carbonyl (C=O) groups excluding carboxylic acids is 1. The molecule has 0 fully saturated rings. The third kappa shape index (κ3) is 5.99. The molecule has 0 spiro atoms. The molecule has 6 nitrogen and oxygen atoms in total. The molecule has 0 aliphatic carbocycles. The number of Topliss-reactive ketones (excluding diaryl/α,β-unsaturated/α-hetero) is 1. The van der Waals surface area contributed by atoms with E-state index in [2.05, 4.69) is 4.98 Å². The molecule has 0 aliphatic rings. The van der Waals surface area contributed by atoms with Gasteiger partial charge in [-0.1, -0.05) is 42.5 Å². The highest BCUT2D eigenvalue weighted by Gasteiger charge is 2.24. The number of hydrogen-bond acceptors (Lipinski definition) is 4. The fraction of sp³-hybridized carbons (Fsp3) is 0.208. The van der Waals surface area contributed by atoms with Crippen LogP contribution in [0.15, 0.2) is 73.1 Å². The molecule has 3 rings (SSSR count). The first kappa shape index (κ1) is 22.8. The number of nitrogens with zero attached hydrogens (tertiary/aromatic N) is 1. The van der Waals surface area contributed by atoms with Gasteiger partial charge in [-0.05, 0) is 42.7 Å². The highest BCUT2D eigenvalue weighted by Crippen LogP contribution is 2.29. The summed E-state index contributed by atoms with van der Waals surface area (Å²) in [6.45, 7) is 2.29. The number of ether oxygens (including phenoxy) is 1. The van der Waals surface area contributed by atoms with E-state index in [1.165, 1.54) is 0 Å². The van der Waals surface area contributed by atoms with Crippen molar-refractivity contribution in [3.8, 4) is 5.75 Å². The fourth-order valence-corrected chi connectivity index (χ4v) is 3.26. The molecule has 0 aliphatic heterocycles. The summed E-state index contributed by atoms with van der Waals surface area (Å²) in [6, 6.07) is 18.4. The van der Waals surface area contributed by atoms with Crippen LogP contribution in [0.1, 0.15) is 45.8 Å². The van der Waals surface area contributed by atoms with Crippen LogP contribution >= 0.6 is 0 Å². The number of hydrogen-bond donors (Lipinski definition) is 1. The number of rotatable bonds is 9. The first-order valence-electron chi connectivity index (χ1n) is 9.48. The Morgan fingerprint density at radius 1 is 1.07 bits per heavy atom. The van der Waals surface area contributed by atoms with E-state index in [0.717, 1.165) is 16.7 Å². The molecule has 0 saturated heterocycles. The maximum atomic E-state index is 13.3. The lowest BCUT2D eigenvalue weighted by molar-refractivity contribution is -0.137. The Bertz CT molecular complexity index is 988. The summed E-state index contributed by atoms with van der Waals surface area (Å²) in [6.07, 6.45) is 3.61. The fourth-order valence-electron chi connectivity index (χ4n) is 3.26. The number of aliphatic carboxylic acids is 1. The van der Waals surface area contributed by atoms with Crippen molar-refractivity contribution in [1.82, 2.24) is 4.98 Å². The molecule has 1 aromatic heterocycles. The van der Waals surface area contributed by atoms with Crippen LogP contribution in [-0.2, 0) is 11.4 Å². The van der Waals surface area contributed by atoms with Gasteiger partial charge in [0.15, 0.2) is 5.78 Å². The van der Waals surface area contributed by atoms with Gasteiger partial charge in [0.25, 0.3) is 0 Å². The molecule has 1 atom stereocenters. The highest BCUT2D eigenvalue weighted by atomic mass is 16.5. The molecular formula is C24H25NO5. The first-order chi connectivity index (χ1) is 14.0. The number of aryl methyl sites for hydroxylation is 1. The lowest BCUT2D eigenvalue weighted by Crippen LogP contribution is -2.16. The van der Waals surface area contributed by atoms with Gasteiger partial charge in [0.05, 0.1) is 0 Å². The molecule has 0 radical (unpaired) electrons. The van der Waals surface area contributed by atoms with Crippen molar-refractivity contribution in [1.29, 1.82) is 0 Å². The Morgan fingerprint density at radius 3 is 2.57 bits per heavy atom. The van der Waals surface area contributed by atoms with E-state index in [0.29, 0.717) is 17.9 Å². The molecular weight excluding hydrogens is 382 g/mol. The number of pyridine rings is 1. The maximum Gasteiger partial charge on any atom is 0.303 e. The van der Waals surface area contributed by atoms with Crippen LogP contribution in [-0.4, -0.2) is 27.3 Å². The van der Waals surface area contributed by atoms with Gasteiger partial charge in [-0.15, -0.1) is 0 Å². The van der Waals surface area contributed by atoms with Crippen molar-refractivity contribution in [2.24, 2.45) is 0 Å². The summed E-state index contributed by atoms with van der Waals surface area (Å²) in [5, 5.41) is 9.12. The first-order valence-corrected chi connectivity index (χ1v) is 9.48. The van der Waals surface area contributed by atoms with Crippen LogP contribution < -0.4 is 4.74 Å². The second-order valence-electron chi connectivity index (χ2n) is 6.88. The van der Waals surface area contributed by atoms with Crippen molar-refractivity contribution >= 4 is 11.8 Å². The molecule has 156 valence electrons. The third-order valence-corrected chi connectivity index (χ3v) is 4.77. The summed E-state index contributed by atoms with van der Waals surface area (Å²) in [5.74, 6) is -0.945. The molecule has 0 bridgehead atoms. The minimum Gasteiger partial charge on any atom is -0.489 e. The number of benzene rings is 2. The number of carboxylic acids is 1. The van der Waals surface area contributed by atoms with Gasteiger partial charge in [-0.2, -0.15) is 0 Å². The van der Waals surface area contributed by atoms with Crippen molar-refractivity contribution in [2.75, 3.05) is 0 Å². The minimum atomic E-state index is -0.912. The normalized spacial score (nSPS) is 11.2. The van der Waals surface area contributed by atoms with Gasteiger partial charge in [-0.3, -0.25) is 14.6 Å². The molecule has 2 aromatic carbocycles. The van der Waals surface area contributed by atoms with E-state index < -0.39 is 11.9 Å². The van der Waals surface area contributed by atoms with Gasteiger partial charge >= 0.3 is 5.97 Å². The van der Waals surface area contributed by atoms with Crippen LogP contribution in [0.2, 0.25) is 0 Å². The molecule has 3 aromatic rings. The van der Waals surface area contributed by atoms with Crippen molar-refractivity contribution in [3.05, 3.63) is 95.3 Å². The van der Waals surface area contributed by atoms with Crippen molar-refractivity contribution in [2.45, 2.75) is 32.3 Å². The lowest BCUT2D eigenvalue weighted by Gasteiger charge is -2.18. The zero-order valence-corrected chi connectivity index (χ0v) is 16.7. The van der Waals surface area contributed by atoms with Crippen LogP contribution in [0.4, 0.5) is 0 Å². The second kappa shape index (κ2) is 10.9. The number of ketones is 1. The Kier molecular flexibility index (Phi) is 8.26. The molecule has 1 heterocycles. The zero-order valence-electron chi connectivity index (χ0n) is 16.7. The summed E-state index contributed by atoms with van der Waals surface area (Å²) >= 11 is 0. The van der Waals surface area contributed by atoms with E-state index in [1.54, 1.807) is 36.7 Å². The van der Waals surface area contributed by atoms with Crippen LogP contribution in [0.5, 0.6) is 5.75 Å². The van der Waals surface area contributed by atoms with E-state index in [4.69, 9.17) is 9.84 Å². The average Bonchev–Trinajstić information content (AvgIpc) is 2.74. The monoisotopic (exact) mass is 407 g/mol. The topological polar surface area (TPSA) is 108 Å². The van der Waals surface area contributed by atoms with Gasteiger partial charge < -0.3 is 15.3 Å². The molecule has 6 heteroatoms. The Morgan fingerprint density at radius 2 is 1.87 bits per heavy atom. The lowest BCUT2D eigenvalue weighted by atomic mass is 9.85. The Labute approximate surface area is 175 Å². The molecule has 3 N–H and O–H groups in total. The second-order valence-corrected chi connectivity index (χ2v) is 6.88. The zero-order chi connectivity index (χ0) is 20.6. The minimum absolute atomic E-state index is 0. The van der Waals surface area contributed by atoms with Crippen molar-refractivity contribution < 1.29 is 24.9 Å². The predicted octanol–water partition coefficient (Wildman–Crippen LogP) is 3.98. The molecule has 0 saturated carbocycles. The number of carboxylic acid groups (broad SMARTS) is 1. The van der Waals surface area contributed by atoms with Crippen LogP contribution in [0.3, 0.4) is 0 Å². The SMILES string of the molecule is Cc1ccccc1C(CCC(=O)O)C(=O)c1cccc(OCc2cccnc2)c1.O. The summed E-state index contributed by atoms with van der Waals surface area (Å²) in [4.78, 5) is 28.5. The van der Waals surface area contributed by atoms with Crippen LogP contribution in [0, 0.1) is 6.92 Å². The average molecular weight is 407 g/mol.